The smallest absolute Gasteiger partial charge is 0.293 e. The summed E-state index contributed by atoms with van der Waals surface area (Å²) in [4.78, 5) is 17.0. The van der Waals surface area contributed by atoms with Crippen molar-refractivity contribution >= 4 is 49.8 Å². The monoisotopic (exact) mass is 383 g/mol. The second-order valence-electron chi connectivity index (χ2n) is 5.42. The standard InChI is InChI=1S/C18H14BrN3O2/c1-2-22-14-6-4-3-5-13(14)20-18(22)21-17(23)16-10-11-9-12(19)7-8-15(11)24-16/h3-10H,2H2,1H3,(H,20,21,23). The number of carbonyl (C=O) groups excluding carboxylic acids is 1. The number of hydrogen-bond acceptors (Lipinski definition) is 3. The van der Waals surface area contributed by atoms with Gasteiger partial charge in [0.25, 0.3) is 5.91 Å². The zero-order valence-electron chi connectivity index (χ0n) is 12.9. The summed E-state index contributed by atoms with van der Waals surface area (Å²) in [7, 11) is 0. The normalized spacial score (nSPS) is 11.2. The lowest BCUT2D eigenvalue weighted by molar-refractivity contribution is 0.0997. The zero-order valence-corrected chi connectivity index (χ0v) is 14.5. The Morgan fingerprint density at radius 1 is 1.25 bits per heavy atom. The minimum atomic E-state index is -0.313. The molecule has 2 heterocycles. The van der Waals surface area contributed by atoms with Crippen LogP contribution in [0.3, 0.4) is 0 Å². The maximum absolute atomic E-state index is 12.5. The Labute approximate surface area is 146 Å². The topological polar surface area (TPSA) is 60.1 Å². The minimum Gasteiger partial charge on any atom is -0.451 e. The molecule has 1 N–H and O–H groups in total. The first kappa shape index (κ1) is 15.0. The molecule has 0 atom stereocenters. The summed E-state index contributed by atoms with van der Waals surface area (Å²) in [6.45, 7) is 2.73. The molecule has 0 aliphatic rings. The average molecular weight is 384 g/mol. The molecule has 0 fully saturated rings. The largest absolute Gasteiger partial charge is 0.451 e. The molecule has 0 aliphatic heterocycles. The molecule has 1 amide bonds. The highest BCUT2D eigenvalue weighted by Gasteiger charge is 2.16. The van der Waals surface area contributed by atoms with Gasteiger partial charge in [-0.25, -0.2) is 4.98 Å². The van der Waals surface area contributed by atoms with Crippen LogP contribution in [0.5, 0.6) is 0 Å². The summed E-state index contributed by atoms with van der Waals surface area (Å²) in [6.07, 6.45) is 0. The number of benzene rings is 2. The minimum absolute atomic E-state index is 0.262. The summed E-state index contributed by atoms with van der Waals surface area (Å²) < 4.78 is 8.54. The van der Waals surface area contributed by atoms with Crippen LogP contribution in [0.2, 0.25) is 0 Å². The summed E-state index contributed by atoms with van der Waals surface area (Å²) >= 11 is 3.42. The molecule has 0 aliphatic carbocycles. The summed E-state index contributed by atoms with van der Waals surface area (Å²) in [5.41, 5.74) is 2.51. The van der Waals surface area contributed by atoms with Crippen molar-refractivity contribution in [3.8, 4) is 0 Å². The summed E-state index contributed by atoms with van der Waals surface area (Å²) in [5.74, 6) is 0.468. The number of halogens is 1. The number of aromatic nitrogens is 2. The van der Waals surface area contributed by atoms with Crippen LogP contribution in [0.15, 0.2) is 57.4 Å². The fourth-order valence-electron chi connectivity index (χ4n) is 2.78. The fraction of sp³-hybridized carbons (Fsp3) is 0.111. The number of hydrogen-bond donors (Lipinski definition) is 1. The first-order chi connectivity index (χ1) is 11.7. The Kier molecular flexibility index (Phi) is 3.61. The molecule has 120 valence electrons. The highest BCUT2D eigenvalue weighted by molar-refractivity contribution is 9.10. The number of amides is 1. The maximum Gasteiger partial charge on any atom is 0.293 e. The van der Waals surface area contributed by atoms with Gasteiger partial charge in [-0.1, -0.05) is 28.1 Å². The Morgan fingerprint density at radius 3 is 2.92 bits per heavy atom. The van der Waals surface area contributed by atoms with Crippen molar-refractivity contribution in [3.05, 3.63) is 58.8 Å². The molecular weight excluding hydrogens is 370 g/mol. The molecule has 0 saturated carbocycles. The molecule has 5 nitrogen and oxygen atoms in total. The first-order valence-corrected chi connectivity index (χ1v) is 8.40. The molecule has 24 heavy (non-hydrogen) atoms. The van der Waals surface area contributed by atoms with Crippen LogP contribution < -0.4 is 5.32 Å². The van der Waals surface area contributed by atoms with Crippen molar-refractivity contribution in [1.29, 1.82) is 0 Å². The van der Waals surface area contributed by atoms with Crippen molar-refractivity contribution < 1.29 is 9.21 Å². The number of aryl methyl sites for hydroxylation is 1. The van der Waals surface area contributed by atoms with Gasteiger partial charge in [-0.3, -0.25) is 10.1 Å². The van der Waals surface area contributed by atoms with E-state index in [-0.39, 0.29) is 11.7 Å². The van der Waals surface area contributed by atoms with E-state index in [1.54, 1.807) is 6.07 Å². The van der Waals surface area contributed by atoms with E-state index >= 15 is 0 Å². The van der Waals surface area contributed by atoms with Gasteiger partial charge in [0.1, 0.15) is 5.58 Å². The molecule has 0 radical (unpaired) electrons. The van der Waals surface area contributed by atoms with E-state index in [2.05, 4.69) is 26.2 Å². The van der Waals surface area contributed by atoms with Gasteiger partial charge >= 0.3 is 0 Å². The number of fused-ring (bicyclic) bond motifs is 2. The first-order valence-electron chi connectivity index (χ1n) is 7.61. The van der Waals surface area contributed by atoms with Crippen LogP contribution in [-0.2, 0) is 6.54 Å². The number of anilines is 1. The van der Waals surface area contributed by atoms with Crippen LogP contribution in [0.25, 0.3) is 22.0 Å². The molecule has 2 aromatic carbocycles. The van der Waals surface area contributed by atoms with Crippen molar-refractivity contribution in [2.45, 2.75) is 13.5 Å². The Morgan fingerprint density at radius 2 is 2.08 bits per heavy atom. The molecule has 6 heteroatoms. The number of para-hydroxylation sites is 2. The van der Waals surface area contributed by atoms with Crippen LogP contribution in [0, 0.1) is 0 Å². The molecule has 4 aromatic rings. The van der Waals surface area contributed by atoms with E-state index in [4.69, 9.17) is 4.42 Å². The quantitative estimate of drug-likeness (QED) is 0.551. The van der Waals surface area contributed by atoms with Crippen LogP contribution in [0.4, 0.5) is 5.95 Å². The molecular formula is C18H14BrN3O2. The van der Waals surface area contributed by atoms with Crippen molar-refractivity contribution in [3.63, 3.8) is 0 Å². The predicted octanol–water partition coefficient (Wildman–Crippen LogP) is 4.82. The third-order valence-corrected chi connectivity index (χ3v) is 4.39. The van der Waals surface area contributed by atoms with E-state index in [0.29, 0.717) is 18.1 Å². The van der Waals surface area contributed by atoms with Gasteiger partial charge in [0.15, 0.2) is 5.76 Å². The van der Waals surface area contributed by atoms with Crippen LogP contribution >= 0.6 is 15.9 Å². The highest BCUT2D eigenvalue weighted by Crippen LogP contribution is 2.25. The van der Waals surface area contributed by atoms with Gasteiger partial charge in [-0.05, 0) is 43.3 Å². The molecule has 4 rings (SSSR count). The Hall–Kier alpha value is -2.60. The number of nitrogens with one attached hydrogen (secondary N) is 1. The SMILES string of the molecule is CCn1c(NC(=O)c2cc3cc(Br)ccc3o2)nc2ccccc21. The Balaban J connectivity index is 1.70. The summed E-state index contributed by atoms with van der Waals surface area (Å²) in [6, 6.07) is 15.2. The second kappa shape index (κ2) is 5.79. The number of furan rings is 1. The van der Waals surface area contributed by atoms with Gasteiger partial charge < -0.3 is 8.98 Å². The van der Waals surface area contributed by atoms with E-state index in [1.807, 2.05) is 54.0 Å². The fourth-order valence-corrected chi connectivity index (χ4v) is 3.16. The van der Waals surface area contributed by atoms with Gasteiger partial charge in [-0.2, -0.15) is 0 Å². The number of rotatable bonds is 3. The second-order valence-corrected chi connectivity index (χ2v) is 6.33. The molecule has 2 aromatic heterocycles. The van der Waals surface area contributed by atoms with E-state index in [1.165, 1.54) is 0 Å². The lowest BCUT2D eigenvalue weighted by atomic mass is 10.2. The highest BCUT2D eigenvalue weighted by atomic mass is 79.9. The van der Waals surface area contributed by atoms with Crippen LogP contribution in [0.1, 0.15) is 17.5 Å². The van der Waals surface area contributed by atoms with Crippen molar-refractivity contribution in [2.75, 3.05) is 5.32 Å². The molecule has 0 bridgehead atoms. The predicted molar refractivity (Wildman–Crippen MR) is 97.3 cm³/mol. The van der Waals surface area contributed by atoms with E-state index in [9.17, 15) is 4.79 Å². The van der Waals surface area contributed by atoms with Gasteiger partial charge in [0.2, 0.25) is 5.95 Å². The van der Waals surface area contributed by atoms with Crippen molar-refractivity contribution in [1.82, 2.24) is 9.55 Å². The van der Waals surface area contributed by atoms with Crippen molar-refractivity contribution in [2.24, 2.45) is 0 Å². The number of carbonyl (C=O) groups is 1. The molecule has 0 saturated heterocycles. The maximum atomic E-state index is 12.5. The number of imidazole rings is 1. The third-order valence-electron chi connectivity index (χ3n) is 3.90. The molecule has 0 unspecified atom stereocenters. The lowest BCUT2D eigenvalue weighted by Crippen LogP contribution is -2.15. The number of nitrogens with zero attached hydrogens (tertiary/aromatic N) is 2. The van der Waals surface area contributed by atoms with Gasteiger partial charge in [0, 0.05) is 16.4 Å². The van der Waals surface area contributed by atoms with E-state index in [0.717, 1.165) is 20.9 Å². The van der Waals surface area contributed by atoms with Gasteiger partial charge in [0.05, 0.1) is 11.0 Å². The van der Waals surface area contributed by atoms with E-state index < -0.39 is 0 Å². The molecule has 0 spiro atoms. The zero-order chi connectivity index (χ0) is 16.7. The summed E-state index contributed by atoms with van der Waals surface area (Å²) in [5, 5.41) is 3.72. The Bertz CT molecular complexity index is 1060. The lowest BCUT2D eigenvalue weighted by Gasteiger charge is -2.06. The van der Waals surface area contributed by atoms with Gasteiger partial charge in [-0.15, -0.1) is 0 Å². The third kappa shape index (κ3) is 2.49. The average Bonchev–Trinajstić information content (AvgIpc) is 3.14. The van der Waals surface area contributed by atoms with Crippen LogP contribution in [-0.4, -0.2) is 15.5 Å².